The van der Waals surface area contributed by atoms with Crippen molar-refractivity contribution in [1.29, 1.82) is 0 Å². The van der Waals surface area contributed by atoms with Crippen LogP contribution in [0.5, 0.6) is 5.75 Å². The SMILES string of the molecule is CCNC(=O)COc1ccc(NC(=O)c2ccc(C3CCCCC3)cc2)cc1. The molecule has 0 aliphatic heterocycles. The van der Waals surface area contributed by atoms with E-state index in [-0.39, 0.29) is 18.4 Å². The van der Waals surface area contributed by atoms with Crippen LogP contribution in [0, 0.1) is 0 Å². The van der Waals surface area contributed by atoms with Gasteiger partial charge >= 0.3 is 0 Å². The number of amides is 2. The Bertz CT molecular complexity index is 778. The van der Waals surface area contributed by atoms with Crippen molar-refractivity contribution in [2.45, 2.75) is 44.9 Å². The Morgan fingerprint density at radius 2 is 1.64 bits per heavy atom. The van der Waals surface area contributed by atoms with Gasteiger partial charge in [-0.25, -0.2) is 0 Å². The quantitative estimate of drug-likeness (QED) is 0.743. The third kappa shape index (κ3) is 5.59. The Morgan fingerprint density at radius 1 is 0.964 bits per heavy atom. The van der Waals surface area contributed by atoms with Crippen molar-refractivity contribution < 1.29 is 14.3 Å². The maximum atomic E-state index is 12.5. The largest absolute Gasteiger partial charge is 0.484 e. The summed E-state index contributed by atoms with van der Waals surface area (Å²) in [4.78, 5) is 23.9. The molecule has 28 heavy (non-hydrogen) atoms. The number of hydrogen-bond acceptors (Lipinski definition) is 3. The number of anilines is 1. The number of carbonyl (C=O) groups excluding carboxylic acids is 2. The molecular formula is C23H28N2O3. The third-order valence-electron chi connectivity index (χ3n) is 5.11. The lowest BCUT2D eigenvalue weighted by atomic mass is 9.84. The molecule has 0 bridgehead atoms. The van der Waals surface area contributed by atoms with Crippen LogP contribution in [-0.2, 0) is 4.79 Å². The zero-order valence-corrected chi connectivity index (χ0v) is 16.4. The van der Waals surface area contributed by atoms with E-state index < -0.39 is 0 Å². The van der Waals surface area contributed by atoms with Crippen LogP contribution in [0.1, 0.15) is 60.9 Å². The number of nitrogens with one attached hydrogen (secondary N) is 2. The molecule has 0 aromatic heterocycles. The molecule has 2 aromatic carbocycles. The van der Waals surface area contributed by atoms with Crippen molar-refractivity contribution in [3.63, 3.8) is 0 Å². The van der Waals surface area contributed by atoms with E-state index in [1.54, 1.807) is 24.3 Å². The molecule has 148 valence electrons. The van der Waals surface area contributed by atoms with Gasteiger partial charge in [0.2, 0.25) is 0 Å². The summed E-state index contributed by atoms with van der Waals surface area (Å²) in [6.45, 7) is 2.42. The van der Waals surface area contributed by atoms with Gasteiger partial charge < -0.3 is 15.4 Å². The highest BCUT2D eigenvalue weighted by molar-refractivity contribution is 6.04. The van der Waals surface area contributed by atoms with Gasteiger partial charge in [0.1, 0.15) is 5.75 Å². The molecule has 0 atom stereocenters. The summed E-state index contributed by atoms with van der Waals surface area (Å²) in [7, 11) is 0. The van der Waals surface area contributed by atoms with Gasteiger partial charge in [-0.15, -0.1) is 0 Å². The van der Waals surface area contributed by atoms with E-state index >= 15 is 0 Å². The number of ether oxygens (including phenoxy) is 1. The van der Waals surface area contributed by atoms with Crippen molar-refractivity contribution >= 4 is 17.5 Å². The van der Waals surface area contributed by atoms with E-state index in [2.05, 4.69) is 22.8 Å². The standard InChI is InChI=1S/C23H28N2O3/c1-2-24-22(26)16-28-21-14-12-20(13-15-21)25-23(27)19-10-8-18(9-11-19)17-6-4-3-5-7-17/h8-15,17H,2-7,16H2,1H3,(H,24,26)(H,25,27). The highest BCUT2D eigenvalue weighted by Gasteiger charge is 2.16. The average Bonchev–Trinajstić information content (AvgIpc) is 2.74. The van der Waals surface area contributed by atoms with E-state index in [1.165, 1.54) is 37.7 Å². The summed E-state index contributed by atoms with van der Waals surface area (Å²) < 4.78 is 5.41. The average molecular weight is 380 g/mol. The minimum absolute atomic E-state index is 0.0209. The van der Waals surface area contributed by atoms with Crippen LogP contribution in [0.25, 0.3) is 0 Å². The molecule has 2 N–H and O–H groups in total. The molecule has 5 heteroatoms. The monoisotopic (exact) mass is 380 g/mol. The van der Waals surface area contributed by atoms with Crippen LogP contribution in [0.3, 0.4) is 0 Å². The Balaban J connectivity index is 1.53. The fraction of sp³-hybridized carbons (Fsp3) is 0.391. The summed E-state index contributed by atoms with van der Waals surface area (Å²) in [5, 5.41) is 5.57. The minimum Gasteiger partial charge on any atom is -0.484 e. The van der Waals surface area contributed by atoms with Crippen molar-refractivity contribution in [3.05, 3.63) is 59.7 Å². The van der Waals surface area contributed by atoms with Crippen LogP contribution in [0.15, 0.2) is 48.5 Å². The third-order valence-corrected chi connectivity index (χ3v) is 5.11. The highest BCUT2D eigenvalue weighted by atomic mass is 16.5. The van der Waals surface area contributed by atoms with E-state index in [1.807, 2.05) is 19.1 Å². The van der Waals surface area contributed by atoms with Crippen molar-refractivity contribution in [2.75, 3.05) is 18.5 Å². The molecule has 2 amide bonds. The van der Waals surface area contributed by atoms with Gasteiger partial charge in [0.15, 0.2) is 6.61 Å². The normalized spacial score (nSPS) is 14.3. The van der Waals surface area contributed by atoms with Crippen molar-refractivity contribution in [1.82, 2.24) is 5.32 Å². The van der Waals surface area contributed by atoms with Crippen LogP contribution in [-0.4, -0.2) is 25.0 Å². The van der Waals surface area contributed by atoms with E-state index in [0.29, 0.717) is 29.5 Å². The van der Waals surface area contributed by atoms with Crippen LogP contribution in [0.2, 0.25) is 0 Å². The van der Waals surface area contributed by atoms with Gasteiger partial charge in [-0.3, -0.25) is 9.59 Å². The number of likely N-dealkylation sites (N-methyl/N-ethyl adjacent to an activating group) is 1. The molecule has 1 aliphatic rings. The van der Waals surface area contributed by atoms with Gasteiger partial charge in [0.25, 0.3) is 11.8 Å². The molecule has 0 unspecified atom stereocenters. The molecule has 5 nitrogen and oxygen atoms in total. The predicted octanol–water partition coefficient (Wildman–Crippen LogP) is 4.50. The second-order valence-electron chi connectivity index (χ2n) is 7.18. The lowest BCUT2D eigenvalue weighted by Crippen LogP contribution is -2.28. The van der Waals surface area contributed by atoms with E-state index in [4.69, 9.17) is 4.74 Å². The first-order valence-corrected chi connectivity index (χ1v) is 10.1. The Morgan fingerprint density at radius 3 is 2.29 bits per heavy atom. The fourth-order valence-corrected chi connectivity index (χ4v) is 3.58. The summed E-state index contributed by atoms with van der Waals surface area (Å²) in [5.41, 5.74) is 2.67. The van der Waals surface area contributed by atoms with E-state index in [9.17, 15) is 9.59 Å². The number of carbonyl (C=O) groups is 2. The summed E-state index contributed by atoms with van der Waals surface area (Å²) in [6.07, 6.45) is 6.44. The summed E-state index contributed by atoms with van der Waals surface area (Å²) in [6, 6.07) is 15.0. The second-order valence-corrected chi connectivity index (χ2v) is 7.18. The predicted molar refractivity (Wildman–Crippen MR) is 111 cm³/mol. The molecule has 0 saturated heterocycles. The maximum Gasteiger partial charge on any atom is 0.257 e. The molecule has 1 saturated carbocycles. The number of benzene rings is 2. The Hall–Kier alpha value is -2.82. The molecular weight excluding hydrogens is 352 g/mol. The molecule has 1 fully saturated rings. The van der Waals surface area contributed by atoms with Gasteiger partial charge in [-0.05, 0) is 67.6 Å². The van der Waals surface area contributed by atoms with Crippen molar-refractivity contribution in [2.24, 2.45) is 0 Å². The highest BCUT2D eigenvalue weighted by Crippen LogP contribution is 2.32. The second kappa shape index (κ2) is 9.93. The van der Waals surface area contributed by atoms with E-state index in [0.717, 1.165) is 0 Å². The smallest absolute Gasteiger partial charge is 0.257 e. The number of hydrogen-bond donors (Lipinski definition) is 2. The molecule has 0 spiro atoms. The molecule has 0 radical (unpaired) electrons. The first kappa shape index (κ1) is 19.9. The molecule has 0 heterocycles. The van der Waals surface area contributed by atoms with Crippen molar-refractivity contribution in [3.8, 4) is 5.75 Å². The Kier molecular flexibility index (Phi) is 7.06. The van der Waals surface area contributed by atoms with Gasteiger partial charge in [-0.2, -0.15) is 0 Å². The number of rotatable bonds is 7. The molecule has 2 aromatic rings. The Labute approximate surface area is 166 Å². The van der Waals surface area contributed by atoms with Gasteiger partial charge in [0.05, 0.1) is 0 Å². The van der Waals surface area contributed by atoms with Gasteiger partial charge in [0, 0.05) is 17.8 Å². The zero-order valence-electron chi connectivity index (χ0n) is 16.4. The van der Waals surface area contributed by atoms with Crippen LogP contribution < -0.4 is 15.4 Å². The molecule has 1 aliphatic carbocycles. The summed E-state index contributed by atoms with van der Waals surface area (Å²) >= 11 is 0. The lowest BCUT2D eigenvalue weighted by Gasteiger charge is -2.22. The van der Waals surface area contributed by atoms with Crippen LogP contribution in [0.4, 0.5) is 5.69 Å². The maximum absolute atomic E-state index is 12.5. The summed E-state index contributed by atoms with van der Waals surface area (Å²) in [5.74, 6) is 0.932. The first-order valence-electron chi connectivity index (χ1n) is 10.1. The lowest BCUT2D eigenvalue weighted by molar-refractivity contribution is -0.122. The van der Waals surface area contributed by atoms with Gasteiger partial charge in [-0.1, -0.05) is 31.4 Å². The topological polar surface area (TPSA) is 67.4 Å². The molecule has 3 rings (SSSR count). The fourth-order valence-electron chi connectivity index (χ4n) is 3.58. The minimum atomic E-state index is -0.156. The van der Waals surface area contributed by atoms with Crippen LogP contribution >= 0.6 is 0 Å². The zero-order chi connectivity index (χ0) is 19.8. The first-order chi connectivity index (χ1) is 13.7.